The minimum absolute atomic E-state index is 0.0690. The standard InChI is InChI=1S/C15H20ClN3OS/c1-4-20-11(2)15-18-13(10-21-15)9-19(3)8-12-5-6-14(16)17-7-12/h5-7,10-11H,4,8-9H2,1-3H3/t11-/m1/s1. The van der Waals surface area contributed by atoms with Crippen molar-refractivity contribution in [1.82, 2.24) is 14.9 Å². The fourth-order valence-corrected chi connectivity index (χ4v) is 2.97. The third kappa shape index (κ3) is 5.04. The van der Waals surface area contributed by atoms with Crippen LogP contribution in [0.15, 0.2) is 23.7 Å². The van der Waals surface area contributed by atoms with Gasteiger partial charge in [0.25, 0.3) is 0 Å². The van der Waals surface area contributed by atoms with Crippen molar-refractivity contribution in [2.45, 2.75) is 33.0 Å². The van der Waals surface area contributed by atoms with Gasteiger partial charge in [-0.25, -0.2) is 9.97 Å². The number of thiazole rings is 1. The monoisotopic (exact) mass is 325 g/mol. The number of aromatic nitrogens is 2. The highest BCUT2D eigenvalue weighted by Gasteiger charge is 2.11. The lowest BCUT2D eigenvalue weighted by Gasteiger charge is -2.15. The maximum Gasteiger partial charge on any atom is 0.129 e. The molecule has 1 atom stereocenters. The van der Waals surface area contributed by atoms with Crippen LogP contribution in [0.5, 0.6) is 0 Å². The summed E-state index contributed by atoms with van der Waals surface area (Å²) in [5.41, 5.74) is 2.21. The first-order valence-corrected chi connectivity index (χ1v) is 8.19. The molecular weight excluding hydrogens is 306 g/mol. The minimum atomic E-state index is 0.0690. The predicted molar refractivity (Wildman–Crippen MR) is 86.6 cm³/mol. The van der Waals surface area contributed by atoms with Crippen LogP contribution >= 0.6 is 22.9 Å². The van der Waals surface area contributed by atoms with Crippen molar-refractivity contribution in [1.29, 1.82) is 0 Å². The first-order chi connectivity index (χ1) is 10.1. The maximum absolute atomic E-state index is 5.79. The quantitative estimate of drug-likeness (QED) is 0.723. The summed E-state index contributed by atoms with van der Waals surface area (Å²) in [4.78, 5) is 10.9. The molecule has 0 unspecified atom stereocenters. The minimum Gasteiger partial charge on any atom is -0.372 e. The number of rotatable bonds is 7. The second-order valence-electron chi connectivity index (χ2n) is 4.94. The van der Waals surface area contributed by atoms with E-state index in [1.165, 1.54) is 0 Å². The van der Waals surface area contributed by atoms with Gasteiger partial charge in [-0.05, 0) is 32.5 Å². The summed E-state index contributed by atoms with van der Waals surface area (Å²) in [5, 5.41) is 3.66. The molecule has 6 heteroatoms. The SMILES string of the molecule is CCO[C@H](C)c1nc(CN(C)Cc2ccc(Cl)nc2)cs1. The Morgan fingerprint density at radius 2 is 2.19 bits per heavy atom. The molecule has 0 saturated carbocycles. The molecule has 0 fully saturated rings. The van der Waals surface area contributed by atoms with Crippen LogP contribution in [0, 0.1) is 0 Å². The molecule has 0 saturated heterocycles. The summed E-state index contributed by atoms with van der Waals surface area (Å²) < 4.78 is 5.57. The van der Waals surface area contributed by atoms with Gasteiger partial charge in [-0.15, -0.1) is 11.3 Å². The van der Waals surface area contributed by atoms with Gasteiger partial charge < -0.3 is 4.74 Å². The zero-order valence-electron chi connectivity index (χ0n) is 12.5. The smallest absolute Gasteiger partial charge is 0.129 e. The highest BCUT2D eigenvalue weighted by atomic mass is 35.5. The topological polar surface area (TPSA) is 38.2 Å². The van der Waals surface area contributed by atoms with E-state index in [0.29, 0.717) is 11.8 Å². The van der Waals surface area contributed by atoms with Crippen molar-refractivity contribution in [3.05, 3.63) is 45.1 Å². The molecule has 0 radical (unpaired) electrons. The second kappa shape index (κ2) is 7.84. The predicted octanol–water partition coefficient (Wildman–Crippen LogP) is 3.92. The molecule has 0 aliphatic heterocycles. The third-order valence-electron chi connectivity index (χ3n) is 3.01. The summed E-state index contributed by atoms with van der Waals surface area (Å²) in [6, 6.07) is 3.81. The van der Waals surface area contributed by atoms with Gasteiger partial charge in [-0.2, -0.15) is 0 Å². The van der Waals surface area contributed by atoms with Gasteiger partial charge in [0.2, 0.25) is 0 Å². The van der Waals surface area contributed by atoms with Crippen molar-refractivity contribution >= 4 is 22.9 Å². The molecule has 0 bridgehead atoms. The fourth-order valence-electron chi connectivity index (χ4n) is 2.05. The summed E-state index contributed by atoms with van der Waals surface area (Å²) in [5.74, 6) is 0. The third-order valence-corrected chi connectivity index (χ3v) is 4.29. The van der Waals surface area contributed by atoms with Crippen molar-refractivity contribution in [3.63, 3.8) is 0 Å². The van der Waals surface area contributed by atoms with E-state index in [1.807, 2.05) is 32.2 Å². The van der Waals surface area contributed by atoms with Crippen molar-refractivity contribution < 1.29 is 4.74 Å². The first-order valence-electron chi connectivity index (χ1n) is 6.93. The Morgan fingerprint density at radius 1 is 1.38 bits per heavy atom. The average molecular weight is 326 g/mol. The average Bonchev–Trinajstić information content (AvgIpc) is 2.90. The highest BCUT2D eigenvalue weighted by Crippen LogP contribution is 2.21. The lowest BCUT2D eigenvalue weighted by atomic mass is 10.2. The van der Waals surface area contributed by atoms with Gasteiger partial charge in [-0.3, -0.25) is 4.90 Å². The van der Waals surface area contributed by atoms with E-state index in [0.717, 1.165) is 29.4 Å². The van der Waals surface area contributed by atoms with E-state index in [-0.39, 0.29) is 6.10 Å². The van der Waals surface area contributed by atoms with Gasteiger partial charge in [0.05, 0.1) is 5.69 Å². The van der Waals surface area contributed by atoms with Crippen LogP contribution < -0.4 is 0 Å². The van der Waals surface area contributed by atoms with Gasteiger partial charge in [0.15, 0.2) is 0 Å². The lowest BCUT2D eigenvalue weighted by molar-refractivity contribution is 0.0760. The van der Waals surface area contributed by atoms with Crippen LogP contribution in [0.25, 0.3) is 0 Å². The molecule has 0 amide bonds. The second-order valence-corrected chi connectivity index (χ2v) is 6.21. The fraction of sp³-hybridized carbons (Fsp3) is 0.467. The number of pyridine rings is 1. The highest BCUT2D eigenvalue weighted by molar-refractivity contribution is 7.09. The van der Waals surface area contributed by atoms with Crippen LogP contribution in [0.3, 0.4) is 0 Å². The van der Waals surface area contributed by atoms with E-state index < -0.39 is 0 Å². The summed E-state index contributed by atoms with van der Waals surface area (Å²) in [6.07, 6.45) is 1.88. The molecule has 0 N–H and O–H groups in total. The summed E-state index contributed by atoms with van der Waals surface area (Å²) >= 11 is 7.45. The van der Waals surface area contributed by atoms with Crippen LogP contribution in [-0.4, -0.2) is 28.5 Å². The molecule has 21 heavy (non-hydrogen) atoms. The summed E-state index contributed by atoms with van der Waals surface area (Å²) in [7, 11) is 2.07. The molecule has 0 aromatic carbocycles. The number of hydrogen-bond acceptors (Lipinski definition) is 5. The molecule has 2 aromatic rings. The maximum atomic E-state index is 5.79. The lowest BCUT2D eigenvalue weighted by Crippen LogP contribution is -2.17. The first kappa shape index (κ1) is 16.4. The van der Waals surface area contributed by atoms with Gasteiger partial charge >= 0.3 is 0 Å². The molecule has 2 heterocycles. The van der Waals surface area contributed by atoms with Crippen LogP contribution in [0.4, 0.5) is 0 Å². The largest absolute Gasteiger partial charge is 0.372 e. The molecule has 0 aliphatic rings. The van der Waals surface area contributed by atoms with Gasteiger partial charge in [0.1, 0.15) is 16.3 Å². The number of nitrogens with zero attached hydrogens (tertiary/aromatic N) is 3. The zero-order chi connectivity index (χ0) is 15.2. The molecule has 2 aromatic heterocycles. The Morgan fingerprint density at radius 3 is 2.86 bits per heavy atom. The van der Waals surface area contributed by atoms with E-state index in [4.69, 9.17) is 16.3 Å². The molecule has 114 valence electrons. The van der Waals surface area contributed by atoms with Crippen molar-refractivity contribution in [2.24, 2.45) is 0 Å². The van der Waals surface area contributed by atoms with E-state index >= 15 is 0 Å². The van der Waals surface area contributed by atoms with Gasteiger partial charge in [-0.1, -0.05) is 17.7 Å². The number of ether oxygens (including phenoxy) is 1. The Labute approximate surface area is 134 Å². The van der Waals surface area contributed by atoms with Crippen LogP contribution in [0.2, 0.25) is 5.15 Å². The Kier molecular flexibility index (Phi) is 6.11. The number of halogens is 1. The van der Waals surface area contributed by atoms with Crippen LogP contribution in [0.1, 0.15) is 36.2 Å². The Hall–Kier alpha value is -1.01. The van der Waals surface area contributed by atoms with E-state index in [1.54, 1.807) is 11.3 Å². The molecular formula is C15H20ClN3OS. The number of hydrogen-bond donors (Lipinski definition) is 0. The van der Waals surface area contributed by atoms with E-state index in [2.05, 4.69) is 27.3 Å². The van der Waals surface area contributed by atoms with Crippen molar-refractivity contribution in [2.75, 3.05) is 13.7 Å². The molecule has 4 nitrogen and oxygen atoms in total. The summed E-state index contributed by atoms with van der Waals surface area (Å²) in [6.45, 7) is 6.36. The Balaban J connectivity index is 1.90. The van der Waals surface area contributed by atoms with E-state index in [9.17, 15) is 0 Å². The normalized spacial score (nSPS) is 12.8. The molecule has 2 rings (SSSR count). The molecule has 0 aliphatic carbocycles. The van der Waals surface area contributed by atoms with Crippen LogP contribution in [-0.2, 0) is 17.8 Å². The molecule has 0 spiro atoms. The van der Waals surface area contributed by atoms with Gasteiger partial charge in [0, 0.05) is 31.3 Å². The Bertz CT molecular complexity index is 558. The van der Waals surface area contributed by atoms with Crippen molar-refractivity contribution in [3.8, 4) is 0 Å². The zero-order valence-corrected chi connectivity index (χ0v) is 14.1.